The summed E-state index contributed by atoms with van der Waals surface area (Å²) < 4.78 is 20.7. The first-order chi connectivity index (χ1) is 14.7. The number of carbonyl (C=O) groups excluding carboxylic acids is 1. The number of hydrogen-bond acceptors (Lipinski definition) is 3. The van der Waals surface area contributed by atoms with Crippen LogP contribution in [0.4, 0.5) is 4.39 Å². The van der Waals surface area contributed by atoms with Crippen LogP contribution in [0.3, 0.4) is 0 Å². The Kier molecular flexibility index (Phi) is 6.03. The number of halogens is 1. The molecule has 4 aromatic rings. The molecule has 30 heavy (non-hydrogen) atoms. The molecule has 5 nitrogen and oxygen atoms in total. The first-order valence-electron chi connectivity index (χ1n) is 9.87. The Labute approximate surface area is 174 Å². The highest BCUT2D eigenvalue weighted by Crippen LogP contribution is 2.22. The highest BCUT2D eigenvalue weighted by Gasteiger charge is 2.13. The zero-order valence-electron chi connectivity index (χ0n) is 16.4. The summed E-state index contributed by atoms with van der Waals surface area (Å²) in [5, 5.41) is 2.84. The number of nitrogens with zero attached hydrogens (tertiary/aromatic N) is 2. The number of nitrogens with one attached hydrogen (secondary N) is 1. The largest absolute Gasteiger partial charge is 0.492 e. The molecule has 1 aromatic heterocycles. The lowest BCUT2D eigenvalue weighted by molar-refractivity contribution is -0.121. The van der Waals surface area contributed by atoms with Crippen LogP contribution in [-0.2, 0) is 11.2 Å². The van der Waals surface area contributed by atoms with Gasteiger partial charge in [0.2, 0.25) is 5.91 Å². The van der Waals surface area contributed by atoms with Gasteiger partial charge in [-0.05, 0) is 36.4 Å². The van der Waals surface area contributed by atoms with E-state index in [-0.39, 0.29) is 18.3 Å². The molecule has 4 rings (SSSR count). The molecule has 0 unspecified atom stereocenters. The van der Waals surface area contributed by atoms with Gasteiger partial charge in [-0.2, -0.15) is 0 Å². The topological polar surface area (TPSA) is 56.2 Å². The molecule has 0 fully saturated rings. The summed E-state index contributed by atoms with van der Waals surface area (Å²) in [7, 11) is 0. The van der Waals surface area contributed by atoms with Crippen molar-refractivity contribution in [1.82, 2.24) is 14.9 Å². The summed E-state index contributed by atoms with van der Waals surface area (Å²) in [4.78, 5) is 17.0. The smallest absolute Gasteiger partial charge is 0.220 e. The Morgan fingerprint density at radius 3 is 2.63 bits per heavy atom. The third-order valence-corrected chi connectivity index (χ3v) is 4.71. The van der Waals surface area contributed by atoms with Gasteiger partial charge in [0.15, 0.2) is 0 Å². The van der Waals surface area contributed by atoms with Crippen molar-refractivity contribution in [3.63, 3.8) is 0 Å². The van der Waals surface area contributed by atoms with Crippen LogP contribution in [0.1, 0.15) is 12.2 Å². The molecule has 0 aliphatic rings. The number of ether oxygens (including phenoxy) is 1. The monoisotopic (exact) mass is 403 g/mol. The normalized spacial score (nSPS) is 10.8. The summed E-state index contributed by atoms with van der Waals surface area (Å²) in [5.41, 5.74) is 2.94. The number of para-hydroxylation sites is 3. The summed E-state index contributed by atoms with van der Waals surface area (Å²) in [5.74, 6) is 0.858. The van der Waals surface area contributed by atoms with Crippen LogP contribution in [-0.4, -0.2) is 28.6 Å². The molecule has 0 saturated heterocycles. The van der Waals surface area contributed by atoms with Crippen molar-refractivity contribution in [3.05, 3.63) is 90.5 Å². The third-order valence-electron chi connectivity index (χ3n) is 4.71. The van der Waals surface area contributed by atoms with E-state index in [1.165, 1.54) is 12.1 Å². The molecule has 1 amide bonds. The first kappa shape index (κ1) is 19.6. The van der Waals surface area contributed by atoms with E-state index in [0.29, 0.717) is 25.1 Å². The minimum Gasteiger partial charge on any atom is -0.492 e. The fourth-order valence-electron chi connectivity index (χ4n) is 3.34. The number of fused-ring (bicyclic) bond motifs is 1. The zero-order valence-corrected chi connectivity index (χ0v) is 16.4. The number of hydrogen-bond donors (Lipinski definition) is 1. The van der Waals surface area contributed by atoms with Gasteiger partial charge in [0.1, 0.15) is 24.0 Å². The van der Waals surface area contributed by atoms with E-state index in [1.54, 1.807) is 12.1 Å². The molecular formula is C24H22FN3O2. The fraction of sp³-hybridized carbons (Fsp3) is 0.167. The Bertz CT molecular complexity index is 1140. The maximum absolute atomic E-state index is 13.1. The predicted octanol–water partition coefficient (Wildman–Crippen LogP) is 4.29. The molecule has 0 saturated carbocycles. The lowest BCUT2D eigenvalue weighted by Crippen LogP contribution is -2.28. The Morgan fingerprint density at radius 2 is 1.80 bits per heavy atom. The average molecular weight is 403 g/mol. The second kappa shape index (κ2) is 9.22. The van der Waals surface area contributed by atoms with E-state index < -0.39 is 0 Å². The van der Waals surface area contributed by atoms with Crippen LogP contribution < -0.4 is 10.1 Å². The molecule has 0 aliphatic carbocycles. The van der Waals surface area contributed by atoms with Crippen LogP contribution in [0.15, 0.2) is 78.9 Å². The van der Waals surface area contributed by atoms with Crippen molar-refractivity contribution < 1.29 is 13.9 Å². The van der Waals surface area contributed by atoms with Crippen molar-refractivity contribution in [3.8, 4) is 11.4 Å². The molecule has 3 aromatic carbocycles. The fourth-order valence-corrected chi connectivity index (χ4v) is 3.34. The maximum atomic E-state index is 13.1. The first-order valence-corrected chi connectivity index (χ1v) is 9.87. The lowest BCUT2D eigenvalue weighted by Gasteiger charge is -2.10. The van der Waals surface area contributed by atoms with Gasteiger partial charge in [-0.25, -0.2) is 9.37 Å². The van der Waals surface area contributed by atoms with E-state index in [0.717, 1.165) is 22.5 Å². The van der Waals surface area contributed by atoms with Gasteiger partial charge < -0.3 is 10.1 Å². The van der Waals surface area contributed by atoms with Crippen molar-refractivity contribution in [2.45, 2.75) is 12.8 Å². The van der Waals surface area contributed by atoms with Crippen LogP contribution in [0.25, 0.3) is 16.7 Å². The van der Waals surface area contributed by atoms with Crippen LogP contribution in [0.5, 0.6) is 5.75 Å². The number of rotatable bonds is 8. The molecule has 1 heterocycles. The number of aryl methyl sites for hydroxylation is 1. The highest BCUT2D eigenvalue weighted by atomic mass is 19.1. The summed E-state index contributed by atoms with van der Waals surface area (Å²) in [6.45, 7) is 0.627. The molecule has 0 atom stereocenters. The summed E-state index contributed by atoms with van der Waals surface area (Å²) >= 11 is 0. The van der Waals surface area contributed by atoms with Gasteiger partial charge in [0.05, 0.1) is 17.6 Å². The standard InChI is InChI=1S/C24H22FN3O2/c25-18-7-6-10-20(17-18)30-16-15-26-24(29)14-13-23-27-21-11-4-5-12-22(21)28(23)19-8-2-1-3-9-19/h1-12,17H,13-16H2,(H,26,29). The number of benzene rings is 3. The Morgan fingerprint density at radius 1 is 1.00 bits per heavy atom. The minimum atomic E-state index is -0.349. The van der Waals surface area contributed by atoms with Gasteiger partial charge in [-0.15, -0.1) is 0 Å². The van der Waals surface area contributed by atoms with Crippen molar-refractivity contribution in [2.75, 3.05) is 13.2 Å². The SMILES string of the molecule is O=C(CCc1nc2ccccc2n1-c1ccccc1)NCCOc1cccc(F)c1. The van der Waals surface area contributed by atoms with Gasteiger partial charge in [-0.1, -0.05) is 36.4 Å². The summed E-state index contributed by atoms with van der Waals surface area (Å²) in [6, 6.07) is 23.9. The minimum absolute atomic E-state index is 0.0792. The molecule has 0 aliphatic heterocycles. The van der Waals surface area contributed by atoms with Crippen molar-refractivity contribution >= 4 is 16.9 Å². The Hall–Kier alpha value is -3.67. The third kappa shape index (κ3) is 4.66. The Balaban J connectivity index is 1.36. The molecule has 6 heteroatoms. The molecule has 0 spiro atoms. The van der Waals surface area contributed by atoms with Crippen LogP contribution in [0.2, 0.25) is 0 Å². The molecule has 1 N–H and O–H groups in total. The second-order valence-electron chi connectivity index (χ2n) is 6.84. The number of aromatic nitrogens is 2. The maximum Gasteiger partial charge on any atom is 0.220 e. The van der Waals surface area contributed by atoms with E-state index in [4.69, 9.17) is 9.72 Å². The van der Waals surface area contributed by atoms with Gasteiger partial charge in [0.25, 0.3) is 0 Å². The molecular weight excluding hydrogens is 381 g/mol. The van der Waals surface area contributed by atoms with Gasteiger partial charge >= 0.3 is 0 Å². The molecule has 0 radical (unpaired) electrons. The van der Waals surface area contributed by atoms with E-state index in [2.05, 4.69) is 9.88 Å². The zero-order chi connectivity index (χ0) is 20.8. The number of carbonyl (C=O) groups is 1. The van der Waals surface area contributed by atoms with Gasteiger partial charge in [0, 0.05) is 24.6 Å². The van der Waals surface area contributed by atoms with Crippen molar-refractivity contribution in [1.29, 1.82) is 0 Å². The number of imidazole rings is 1. The lowest BCUT2D eigenvalue weighted by atomic mass is 10.2. The number of amides is 1. The predicted molar refractivity (Wildman–Crippen MR) is 114 cm³/mol. The van der Waals surface area contributed by atoms with Crippen LogP contribution in [0, 0.1) is 5.82 Å². The van der Waals surface area contributed by atoms with Crippen LogP contribution >= 0.6 is 0 Å². The summed E-state index contributed by atoms with van der Waals surface area (Å²) in [6.07, 6.45) is 0.830. The highest BCUT2D eigenvalue weighted by molar-refractivity contribution is 5.79. The van der Waals surface area contributed by atoms with Crippen molar-refractivity contribution in [2.24, 2.45) is 0 Å². The average Bonchev–Trinajstić information content (AvgIpc) is 3.14. The van der Waals surface area contributed by atoms with E-state index >= 15 is 0 Å². The quantitative estimate of drug-likeness (QED) is 0.447. The molecule has 152 valence electrons. The second-order valence-corrected chi connectivity index (χ2v) is 6.84. The van der Waals surface area contributed by atoms with E-state index in [1.807, 2.05) is 54.6 Å². The van der Waals surface area contributed by atoms with E-state index in [9.17, 15) is 9.18 Å². The molecule has 0 bridgehead atoms. The van der Waals surface area contributed by atoms with Gasteiger partial charge in [-0.3, -0.25) is 9.36 Å².